The van der Waals surface area contributed by atoms with Crippen LogP contribution >= 0.6 is 11.6 Å². The van der Waals surface area contributed by atoms with Crippen LogP contribution in [0.25, 0.3) is 16.9 Å². The lowest BCUT2D eigenvalue weighted by molar-refractivity contribution is -0.116. The summed E-state index contributed by atoms with van der Waals surface area (Å²) in [6, 6.07) is 27.4. The molecule has 0 saturated heterocycles. The fourth-order valence-electron chi connectivity index (χ4n) is 3.22. The summed E-state index contributed by atoms with van der Waals surface area (Å²) in [7, 11) is 0. The molecule has 0 saturated carbocycles. The molecule has 0 bridgehead atoms. The highest BCUT2D eigenvalue weighted by Crippen LogP contribution is 2.26. The summed E-state index contributed by atoms with van der Waals surface area (Å²) in [5.41, 5.74) is 4.90. The molecule has 1 amide bonds. The maximum absolute atomic E-state index is 12.6. The number of carbonyl (C=O) groups excluding carboxylic acids is 1. The van der Waals surface area contributed by atoms with Crippen molar-refractivity contribution in [1.29, 1.82) is 0 Å². The molecule has 0 spiro atoms. The van der Waals surface area contributed by atoms with Gasteiger partial charge in [0.25, 0.3) is 0 Å². The lowest BCUT2D eigenvalue weighted by Crippen LogP contribution is -2.15. The molecule has 5 heteroatoms. The molecule has 3 aromatic carbocycles. The van der Waals surface area contributed by atoms with Crippen LogP contribution in [-0.2, 0) is 11.2 Å². The Morgan fingerprint density at radius 3 is 2.37 bits per heavy atom. The molecule has 0 aliphatic rings. The van der Waals surface area contributed by atoms with Gasteiger partial charge in [-0.05, 0) is 43.2 Å². The minimum atomic E-state index is -0.0465. The smallest absolute Gasteiger partial charge is 0.225 e. The molecule has 0 aliphatic carbocycles. The predicted octanol–water partition coefficient (Wildman–Crippen LogP) is 6.07. The van der Waals surface area contributed by atoms with Gasteiger partial charge in [0.15, 0.2) is 0 Å². The summed E-state index contributed by atoms with van der Waals surface area (Å²) in [5, 5.41) is 8.44. The molecule has 1 N–H and O–H groups in total. The molecule has 0 fully saturated rings. The van der Waals surface area contributed by atoms with Crippen molar-refractivity contribution in [3.8, 4) is 16.9 Å². The number of aryl methyl sites for hydroxylation is 2. The van der Waals surface area contributed by atoms with Crippen LogP contribution in [0.1, 0.15) is 17.5 Å². The first kappa shape index (κ1) is 19.9. The Kier molecular flexibility index (Phi) is 5.96. The summed E-state index contributed by atoms with van der Waals surface area (Å²) < 4.78 is 1.77. The summed E-state index contributed by atoms with van der Waals surface area (Å²) in [6.07, 6.45) is 1.09. The van der Waals surface area contributed by atoms with Crippen LogP contribution < -0.4 is 5.32 Å². The van der Waals surface area contributed by atoms with Crippen LogP contribution in [0.15, 0.2) is 84.9 Å². The van der Waals surface area contributed by atoms with Crippen molar-refractivity contribution in [1.82, 2.24) is 9.78 Å². The van der Waals surface area contributed by atoms with Gasteiger partial charge in [-0.2, -0.15) is 5.10 Å². The number of hydrogen-bond donors (Lipinski definition) is 1. The summed E-state index contributed by atoms with van der Waals surface area (Å²) in [4.78, 5) is 12.6. The van der Waals surface area contributed by atoms with Crippen molar-refractivity contribution in [3.63, 3.8) is 0 Å². The second-order valence-electron chi connectivity index (χ2n) is 7.20. The average molecular weight is 416 g/mol. The van der Waals surface area contributed by atoms with E-state index < -0.39 is 0 Å². The zero-order valence-electron chi connectivity index (χ0n) is 16.7. The van der Waals surface area contributed by atoms with Gasteiger partial charge in [0.2, 0.25) is 5.91 Å². The van der Waals surface area contributed by atoms with Crippen LogP contribution in [0.3, 0.4) is 0 Å². The molecule has 0 aliphatic heterocycles. The van der Waals surface area contributed by atoms with Gasteiger partial charge < -0.3 is 5.32 Å². The Hall–Kier alpha value is -3.37. The Bertz CT molecular complexity index is 1130. The number of rotatable bonds is 6. The van der Waals surface area contributed by atoms with Crippen molar-refractivity contribution in [2.24, 2.45) is 0 Å². The topological polar surface area (TPSA) is 46.9 Å². The normalized spacial score (nSPS) is 10.7. The quantitative estimate of drug-likeness (QED) is 0.415. The van der Waals surface area contributed by atoms with Crippen molar-refractivity contribution in [3.05, 3.63) is 101 Å². The molecule has 4 nitrogen and oxygen atoms in total. The van der Waals surface area contributed by atoms with Crippen molar-refractivity contribution >= 4 is 23.3 Å². The molecule has 150 valence electrons. The number of nitrogens with one attached hydrogen (secondary N) is 1. The number of carbonyl (C=O) groups is 1. The third kappa shape index (κ3) is 4.78. The first-order chi connectivity index (χ1) is 14.6. The number of nitrogens with zero attached hydrogens (tertiary/aromatic N) is 2. The third-order valence-electron chi connectivity index (χ3n) is 4.88. The van der Waals surface area contributed by atoms with E-state index in [0.717, 1.165) is 28.1 Å². The number of anilines is 1. The van der Waals surface area contributed by atoms with E-state index in [1.165, 1.54) is 0 Å². The fraction of sp³-hybridized carbons (Fsp3) is 0.120. The van der Waals surface area contributed by atoms with E-state index in [2.05, 4.69) is 5.32 Å². The largest absolute Gasteiger partial charge is 0.311 e. The monoisotopic (exact) mass is 415 g/mol. The lowest BCUT2D eigenvalue weighted by atomic mass is 10.1. The Balaban J connectivity index is 1.60. The Labute approximate surface area is 181 Å². The highest BCUT2D eigenvalue weighted by atomic mass is 35.5. The molecule has 1 aromatic heterocycles. The summed E-state index contributed by atoms with van der Waals surface area (Å²) in [6.45, 7) is 2.04. The predicted molar refractivity (Wildman–Crippen MR) is 122 cm³/mol. The van der Waals surface area contributed by atoms with Crippen molar-refractivity contribution in [2.45, 2.75) is 19.8 Å². The SMILES string of the molecule is Cc1ccc(-n2nc(-c3ccc(Cl)cc3)cc2NC(=O)CCc2ccccc2)cc1. The number of aromatic nitrogens is 2. The second-order valence-corrected chi connectivity index (χ2v) is 7.64. The standard InChI is InChI=1S/C25H22ClN3O/c1-18-7-14-22(15-8-18)29-24(17-23(28-29)20-10-12-21(26)13-11-20)27-25(30)16-9-19-5-3-2-4-6-19/h2-8,10-15,17H,9,16H2,1H3,(H,27,30). The van der Waals surface area contributed by atoms with Gasteiger partial charge in [0, 0.05) is 23.1 Å². The Morgan fingerprint density at radius 1 is 0.967 bits per heavy atom. The van der Waals surface area contributed by atoms with Crippen molar-refractivity contribution < 1.29 is 4.79 Å². The van der Waals surface area contributed by atoms with Gasteiger partial charge in [-0.1, -0.05) is 71.8 Å². The van der Waals surface area contributed by atoms with Gasteiger partial charge in [0.1, 0.15) is 5.82 Å². The van der Waals surface area contributed by atoms with Gasteiger partial charge in [0.05, 0.1) is 11.4 Å². The summed E-state index contributed by atoms with van der Waals surface area (Å²) >= 11 is 6.02. The third-order valence-corrected chi connectivity index (χ3v) is 5.13. The zero-order valence-corrected chi connectivity index (χ0v) is 17.4. The zero-order chi connectivity index (χ0) is 20.9. The van der Waals surface area contributed by atoms with Gasteiger partial charge >= 0.3 is 0 Å². The molecule has 1 heterocycles. The van der Waals surface area contributed by atoms with Crippen LogP contribution in [0.4, 0.5) is 5.82 Å². The molecule has 0 atom stereocenters. The number of amides is 1. The van der Waals surface area contributed by atoms with Gasteiger partial charge in [-0.15, -0.1) is 0 Å². The molecular weight excluding hydrogens is 394 g/mol. The van der Waals surface area contributed by atoms with Crippen LogP contribution in [-0.4, -0.2) is 15.7 Å². The average Bonchev–Trinajstić information content (AvgIpc) is 3.17. The van der Waals surface area contributed by atoms with Gasteiger partial charge in [-0.25, -0.2) is 4.68 Å². The lowest BCUT2D eigenvalue weighted by Gasteiger charge is -2.09. The highest BCUT2D eigenvalue weighted by Gasteiger charge is 2.14. The Morgan fingerprint density at radius 2 is 1.67 bits per heavy atom. The molecule has 0 unspecified atom stereocenters. The van der Waals surface area contributed by atoms with Crippen LogP contribution in [0, 0.1) is 6.92 Å². The van der Waals surface area contributed by atoms with E-state index in [-0.39, 0.29) is 5.91 Å². The van der Waals surface area contributed by atoms with E-state index in [9.17, 15) is 4.79 Å². The fourth-order valence-corrected chi connectivity index (χ4v) is 3.35. The van der Waals surface area contributed by atoms with E-state index in [0.29, 0.717) is 23.7 Å². The highest BCUT2D eigenvalue weighted by molar-refractivity contribution is 6.30. The van der Waals surface area contributed by atoms with Crippen LogP contribution in [0.5, 0.6) is 0 Å². The minimum Gasteiger partial charge on any atom is -0.311 e. The number of benzene rings is 3. The maximum Gasteiger partial charge on any atom is 0.225 e. The molecule has 4 aromatic rings. The van der Waals surface area contributed by atoms with E-state index in [1.807, 2.05) is 91.9 Å². The van der Waals surface area contributed by atoms with Crippen LogP contribution in [0.2, 0.25) is 5.02 Å². The summed E-state index contributed by atoms with van der Waals surface area (Å²) in [5.74, 6) is 0.594. The first-order valence-electron chi connectivity index (χ1n) is 9.85. The van der Waals surface area contributed by atoms with E-state index >= 15 is 0 Å². The number of hydrogen-bond acceptors (Lipinski definition) is 2. The first-order valence-corrected chi connectivity index (χ1v) is 10.2. The number of halogens is 1. The van der Waals surface area contributed by atoms with E-state index in [4.69, 9.17) is 16.7 Å². The second kappa shape index (κ2) is 8.97. The molecular formula is C25H22ClN3O. The molecule has 4 rings (SSSR count). The van der Waals surface area contributed by atoms with Crippen molar-refractivity contribution in [2.75, 3.05) is 5.32 Å². The molecule has 30 heavy (non-hydrogen) atoms. The maximum atomic E-state index is 12.6. The molecule has 0 radical (unpaired) electrons. The minimum absolute atomic E-state index is 0.0465. The van der Waals surface area contributed by atoms with E-state index in [1.54, 1.807) is 4.68 Å². The van der Waals surface area contributed by atoms with Gasteiger partial charge in [-0.3, -0.25) is 4.79 Å².